The lowest BCUT2D eigenvalue weighted by atomic mass is 9.98. The van der Waals surface area contributed by atoms with Crippen LogP contribution in [0.2, 0.25) is 10.0 Å². The van der Waals surface area contributed by atoms with Crippen LogP contribution in [0.4, 0.5) is 0 Å². The Bertz CT molecular complexity index is 801. The Kier molecular flexibility index (Phi) is 6.95. The quantitative estimate of drug-likeness (QED) is 0.748. The molecular weight excluding hydrogens is 381 g/mol. The fourth-order valence-corrected chi connectivity index (χ4v) is 3.64. The van der Waals surface area contributed by atoms with Crippen LogP contribution in [0.25, 0.3) is 0 Å². The van der Waals surface area contributed by atoms with Gasteiger partial charge in [0.15, 0.2) is 0 Å². The molecule has 4 nitrogen and oxygen atoms in total. The summed E-state index contributed by atoms with van der Waals surface area (Å²) in [7, 11) is 0. The molecule has 27 heavy (non-hydrogen) atoms. The number of nitrogens with zero attached hydrogens (tertiary/aromatic N) is 2. The van der Waals surface area contributed by atoms with E-state index in [4.69, 9.17) is 28.9 Å². The lowest BCUT2D eigenvalue weighted by Crippen LogP contribution is -2.46. The van der Waals surface area contributed by atoms with E-state index in [0.29, 0.717) is 30.4 Å². The molecule has 2 aromatic carbocycles. The maximum Gasteiger partial charge on any atom is 0.147 e. The molecule has 1 saturated heterocycles. The van der Waals surface area contributed by atoms with Crippen LogP contribution in [0.1, 0.15) is 17.0 Å². The fourth-order valence-electron chi connectivity index (χ4n) is 3.39. The van der Waals surface area contributed by atoms with Crippen molar-refractivity contribution in [2.24, 2.45) is 5.73 Å². The maximum absolute atomic E-state index is 11.6. The van der Waals surface area contributed by atoms with Crippen molar-refractivity contribution in [2.75, 3.05) is 32.7 Å². The standard InChI is InChI=1S/C21H23Cl2N3O/c22-19-5-1-16(2-6-19)12-25-9-10-26(21(14-25)15-27)13-18(11-24)17-3-7-20(23)8-4-17/h1-8,18H,9-14,24H2. The first-order valence-corrected chi connectivity index (χ1v) is 9.76. The Morgan fingerprint density at radius 1 is 1.00 bits per heavy atom. The number of nitrogens with two attached hydrogens (primary N) is 1. The minimum absolute atomic E-state index is 0.147. The number of piperazine rings is 1. The molecule has 0 aromatic heterocycles. The van der Waals surface area contributed by atoms with E-state index in [1.54, 1.807) is 0 Å². The number of halogens is 2. The highest BCUT2D eigenvalue weighted by atomic mass is 35.5. The van der Waals surface area contributed by atoms with Crippen molar-refractivity contribution < 1.29 is 4.79 Å². The average molecular weight is 404 g/mol. The highest BCUT2D eigenvalue weighted by Crippen LogP contribution is 2.22. The summed E-state index contributed by atoms with van der Waals surface area (Å²) in [6.45, 7) is 4.25. The lowest BCUT2D eigenvalue weighted by Gasteiger charge is -2.38. The SMILES string of the molecule is NCC(CN1CCN(Cc2ccc(Cl)cc2)CC1=C=O)c1ccc(Cl)cc1. The van der Waals surface area contributed by atoms with Gasteiger partial charge >= 0.3 is 0 Å². The smallest absolute Gasteiger partial charge is 0.147 e. The average Bonchev–Trinajstić information content (AvgIpc) is 2.69. The molecule has 6 heteroatoms. The van der Waals surface area contributed by atoms with Gasteiger partial charge in [0.1, 0.15) is 11.6 Å². The van der Waals surface area contributed by atoms with Crippen LogP contribution < -0.4 is 5.73 Å². The number of hydrogen-bond donors (Lipinski definition) is 1. The van der Waals surface area contributed by atoms with Gasteiger partial charge in [-0.1, -0.05) is 47.5 Å². The molecule has 1 atom stereocenters. The van der Waals surface area contributed by atoms with Crippen molar-refractivity contribution in [3.05, 3.63) is 75.4 Å². The summed E-state index contributed by atoms with van der Waals surface area (Å²) in [5.41, 5.74) is 9.00. The molecule has 1 aliphatic heterocycles. The number of hydrogen-bond acceptors (Lipinski definition) is 4. The molecule has 142 valence electrons. The van der Waals surface area contributed by atoms with Crippen molar-refractivity contribution in [1.82, 2.24) is 9.80 Å². The number of benzene rings is 2. The third-order valence-corrected chi connectivity index (χ3v) is 5.45. The molecule has 3 rings (SSSR count). The molecule has 0 aliphatic carbocycles. The van der Waals surface area contributed by atoms with Crippen molar-refractivity contribution in [1.29, 1.82) is 0 Å². The van der Waals surface area contributed by atoms with Crippen LogP contribution in [0.3, 0.4) is 0 Å². The second-order valence-electron chi connectivity index (χ2n) is 6.82. The number of carbonyl (C=O) groups excluding carboxylic acids is 1. The van der Waals surface area contributed by atoms with Gasteiger partial charge in [0.2, 0.25) is 0 Å². The molecule has 1 fully saturated rings. The van der Waals surface area contributed by atoms with Gasteiger partial charge < -0.3 is 10.6 Å². The summed E-state index contributed by atoms with van der Waals surface area (Å²) in [4.78, 5) is 15.9. The van der Waals surface area contributed by atoms with E-state index < -0.39 is 0 Å². The molecule has 0 amide bonds. The summed E-state index contributed by atoms with van der Waals surface area (Å²) >= 11 is 11.9. The molecule has 1 unspecified atom stereocenters. The third kappa shape index (κ3) is 5.35. The topological polar surface area (TPSA) is 49.6 Å². The lowest BCUT2D eigenvalue weighted by molar-refractivity contribution is 0.167. The highest BCUT2D eigenvalue weighted by Gasteiger charge is 2.24. The Morgan fingerprint density at radius 3 is 2.22 bits per heavy atom. The summed E-state index contributed by atoms with van der Waals surface area (Å²) in [6, 6.07) is 15.6. The zero-order valence-electron chi connectivity index (χ0n) is 15.1. The van der Waals surface area contributed by atoms with E-state index in [1.807, 2.05) is 48.5 Å². The van der Waals surface area contributed by atoms with E-state index in [1.165, 1.54) is 5.56 Å². The molecule has 0 spiro atoms. The minimum Gasteiger partial charge on any atom is -0.363 e. The van der Waals surface area contributed by atoms with Gasteiger partial charge in [0, 0.05) is 55.2 Å². The predicted octanol–water partition coefficient (Wildman–Crippen LogP) is 3.57. The first-order valence-electron chi connectivity index (χ1n) is 9.00. The summed E-state index contributed by atoms with van der Waals surface area (Å²) < 4.78 is 0. The first kappa shape index (κ1) is 19.9. The molecule has 0 bridgehead atoms. The fraction of sp³-hybridized carbons (Fsp3) is 0.333. The highest BCUT2D eigenvalue weighted by molar-refractivity contribution is 6.30. The molecule has 1 aliphatic rings. The van der Waals surface area contributed by atoms with Gasteiger partial charge in [-0.3, -0.25) is 4.90 Å². The minimum atomic E-state index is 0.147. The predicted molar refractivity (Wildman–Crippen MR) is 111 cm³/mol. The normalized spacial score (nSPS) is 16.3. The Hall–Kier alpha value is -1.81. The summed E-state index contributed by atoms with van der Waals surface area (Å²) in [5, 5.41) is 1.44. The van der Waals surface area contributed by atoms with Crippen molar-refractivity contribution in [3.8, 4) is 0 Å². The Morgan fingerprint density at radius 2 is 1.63 bits per heavy atom. The van der Waals surface area contributed by atoms with Crippen LogP contribution in [0.5, 0.6) is 0 Å². The zero-order valence-corrected chi connectivity index (χ0v) is 16.6. The zero-order chi connectivity index (χ0) is 19.2. The Balaban J connectivity index is 1.63. The molecule has 2 N–H and O–H groups in total. The molecule has 0 saturated carbocycles. The molecule has 2 aromatic rings. The first-order chi connectivity index (χ1) is 13.1. The van der Waals surface area contributed by atoms with E-state index in [-0.39, 0.29) is 5.92 Å². The summed E-state index contributed by atoms with van der Waals surface area (Å²) in [5.74, 6) is 2.28. The van der Waals surface area contributed by atoms with Crippen molar-refractivity contribution >= 4 is 29.1 Å². The van der Waals surface area contributed by atoms with Crippen LogP contribution in [0, 0.1) is 0 Å². The van der Waals surface area contributed by atoms with Crippen LogP contribution in [-0.4, -0.2) is 48.5 Å². The third-order valence-electron chi connectivity index (χ3n) is 4.95. The number of rotatable bonds is 6. The van der Waals surface area contributed by atoms with Gasteiger partial charge in [-0.25, -0.2) is 4.79 Å². The summed E-state index contributed by atoms with van der Waals surface area (Å²) in [6.07, 6.45) is 0. The second-order valence-corrected chi connectivity index (χ2v) is 7.69. The van der Waals surface area contributed by atoms with Gasteiger partial charge in [-0.2, -0.15) is 0 Å². The maximum atomic E-state index is 11.6. The van der Waals surface area contributed by atoms with Crippen molar-refractivity contribution in [3.63, 3.8) is 0 Å². The van der Waals surface area contributed by atoms with Gasteiger partial charge in [-0.15, -0.1) is 0 Å². The van der Waals surface area contributed by atoms with Gasteiger partial charge in [0.05, 0.1) is 0 Å². The van der Waals surface area contributed by atoms with Crippen LogP contribution >= 0.6 is 23.2 Å². The Labute approximate surface area is 170 Å². The van der Waals surface area contributed by atoms with E-state index in [0.717, 1.165) is 30.2 Å². The largest absolute Gasteiger partial charge is 0.363 e. The van der Waals surface area contributed by atoms with E-state index in [2.05, 4.69) is 15.7 Å². The second kappa shape index (κ2) is 9.41. The van der Waals surface area contributed by atoms with E-state index in [9.17, 15) is 4.79 Å². The van der Waals surface area contributed by atoms with E-state index >= 15 is 0 Å². The van der Waals surface area contributed by atoms with Crippen molar-refractivity contribution in [2.45, 2.75) is 12.5 Å². The molecule has 1 heterocycles. The van der Waals surface area contributed by atoms with Crippen LogP contribution in [-0.2, 0) is 11.3 Å². The molecule has 0 radical (unpaired) electrons. The van der Waals surface area contributed by atoms with Gasteiger partial charge in [0.25, 0.3) is 0 Å². The van der Waals surface area contributed by atoms with Gasteiger partial charge in [-0.05, 0) is 35.4 Å². The van der Waals surface area contributed by atoms with Crippen LogP contribution in [0.15, 0.2) is 54.2 Å². The monoisotopic (exact) mass is 403 g/mol. The molecular formula is C21H23Cl2N3O.